The number of aromatic nitrogens is 4. The molecule has 4 rings (SSSR count). The van der Waals surface area contributed by atoms with Gasteiger partial charge in [-0.05, 0) is 52.4 Å². The molecule has 146 valence electrons. The van der Waals surface area contributed by atoms with Gasteiger partial charge in [0.25, 0.3) is 0 Å². The van der Waals surface area contributed by atoms with E-state index in [1.54, 1.807) is 4.68 Å². The average molecular weight is 405 g/mol. The number of thioether (sulfide) groups is 1. The first-order chi connectivity index (χ1) is 14.2. The lowest BCUT2D eigenvalue weighted by atomic mass is 10.1. The molecule has 0 spiro atoms. The standard InChI is InChI=1S/C21H19N5O2S/c1-2-28-19-10-6-5-9-18(19)26-21(23-24-25-26)29-14-20(27)22-17-12-11-15-7-3-4-8-16(15)13-17/h3-13H,2,14H2,1H3,(H,22,27). The van der Waals surface area contributed by atoms with Crippen molar-refractivity contribution in [1.29, 1.82) is 0 Å². The van der Waals surface area contributed by atoms with E-state index in [1.807, 2.05) is 73.7 Å². The molecule has 0 aliphatic heterocycles. The molecule has 4 aromatic rings. The highest BCUT2D eigenvalue weighted by Gasteiger charge is 2.15. The van der Waals surface area contributed by atoms with Crippen molar-refractivity contribution in [3.63, 3.8) is 0 Å². The van der Waals surface area contributed by atoms with E-state index in [9.17, 15) is 4.79 Å². The van der Waals surface area contributed by atoms with E-state index in [1.165, 1.54) is 11.8 Å². The average Bonchev–Trinajstić information content (AvgIpc) is 3.21. The number of para-hydroxylation sites is 2. The predicted octanol–water partition coefficient (Wildman–Crippen LogP) is 3.95. The van der Waals surface area contributed by atoms with Crippen molar-refractivity contribution in [2.75, 3.05) is 17.7 Å². The molecular weight excluding hydrogens is 386 g/mol. The van der Waals surface area contributed by atoms with Gasteiger partial charge in [0.2, 0.25) is 11.1 Å². The summed E-state index contributed by atoms with van der Waals surface area (Å²) in [7, 11) is 0. The molecule has 7 nitrogen and oxygen atoms in total. The number of benzene rings is 3. The molecule has 29 heavy (non-hydrogen) atoms. The molecule has 1 aromatic heterocycles. The van der Waals surface area contributed by atoms with Crippen LogP contribution < -0.4 is 10.1 Å². The summed E-state index contributed by atoms with van der Waals surface area (Å²) < 4.78 is 7.23. The number of rotatable bonds is 7. The fourth-order valence-electron chi connectivity index (χ4n) is 2.92. The molecule has 0 unspecified atom stereocenters. The van der Waals surface area contributed by atoms with Crippen LogP contribution in [0.25, 0.3) is 16.5 Å². The van der Waals surface area contributed by atoms with Crippen LogP contribution in [0, 0.1) is 0 Å². The Morgan fingerprint density at radius 3 is 2.72 bits per heavy atom. The summed E-state index contributed by atoms with van der Waals surface area (Å²) in [5.74, 6) is 0.743. The van der Waals surface area contributed by atoms with Crippen molar-refractivity contribution in [3.8, 4) is 11.4 Å². The van der Waals surface area contributed by atoms with Gasteiger partial charge in [0.1, 0.15) is 11.4 Å². The van der Waals surface area contributed by atoms with Gasteiger partial charge in [-0.25, -0.2) is 0 Å². The van der Waals surface area contributed by atoms with E-state index in [0.717, 1.165) is 22.1 Å². The summed E-state index contributed by atoms with van der Waals surface area (Å²) in [4.78, 5) is 12.4. The third-order valence-corrected chi connectivity index (χ3v) is 5.12. The first kappa shape index (κ1) is 18.9. The van der Waals surface area contributed by atoms with Crippen LogP contribution in [0.3, 0.4) is 0 Å². The summed E-state index contributed by atoms with van der Waals surface area (Å²) in [5, 5.41) is 17.5. The largest absolute Gasteiger partial charge is 0.492 e. The Bertz CT molecular complexity index is 1140. The molecule has 3 aromatic carbocycles. The Kier molecular flexibility index (Phi) is 5.71. The highest BCUT2D eigenvalue weighted by molar-refractivity contribution is 7.99. The van der Waals surface area contributed by atoms with E-state index >= 15 is 0 Å². The fraction of sp³-hybridized carbons (Fsp3) is 0.143. The van der Waals surface area contributed by atoms with Gasteiger partial charge in [-0.3, -0.25) is 4.79 Å². The smallest absolute Gasteiger partial charge is 0.234 e. The van der Waals surface area contributed by atoms with Gasteiger partial charge in [0, 0.05) is 5.69 Å². The molecule has 1 heterocycles. The number of hydrogen-bond donors (Lipinski definition) is 1. The molecule has 0 atom stereocenters. The van der Waals surface area contributed by atoms with Crippen LogP contribution in [0.2, 0.25) is 0 Å². The lowest BCUT2D eigenvalue weighted by Gasteiger charge is -2.10. The van der Waals surface area contributed by atoms with Gasteiger partial charge in [0.05, 0.1) is 12.4 Å². The van der Waals surface area contributed by atoms with E-state index in [4.69, 9.17) is 4.74 Å². The van der Waals surface area contributed by atoms with Crippen LogP contribution in [0.1, 0.15) is 6.92 Å². The van der Waals surface area contributed by atoms with Crippen molar-refractivity contribution < 1.29 is 9.53 Å². The van der Waals surface area contributed by atoms with Crippen molar-refractivity contribution in [2.24, 2.45) is 0 Å². The summed E-state index contributed by atoms with van der Waals surface area (Å²) in [6.07, 6.45) is 0. The Labute approximate surface area is 172 Å². The second kappa shape index (κ2) is 8.74. The number of amides is 1. The van der Waals surface area contributed by atoms with Gasteiger partial charge in [-0.2, -0.15) is 4.68 Å². The minimum atomic E-state index is -0.127. The van der Waals surface area contributed by atoms with Crippen molar-refractivity contribution >= 4 is 34.1 Å². The number of hydrogen-bond acceptors (Lipinski definition) is 6. The third kappa shape index (κ3) is 4.38. The van der Waals surface area contributed by atoms with Crippen LogP contribution >= 0.6 is 11.8 Å². The maximum atomic E-state index is 12.4. The third-order valence-electron chi connectivity index (χ3n) is 4.20. The maximum absolute atomic E-state index is 12.4. The summed E-state index contributed by atoms with van der Waals surface area (Å²) >= 11 is 1.27. The molecular formula is C21H19N5O2S. The van der Waals surface area contributed by atoms with Crippen molar-refractivity contribution in [2.45, 2.75) is 12.1 Å². The number of carbonyl (C=O) groups is 1. The first-order valence-corrected chi connectivity index (χ1v) is 10.1. The maximum Gasteiger partial charge on any atom is 0.234 e. The van der Waals surface area contributed by atoms with Gasteiger partial charge in [-0.1, -0.05) is 54.2 Å². The molecule has 0 aliphatic rings. The Morgan fingerprint density at radius 2 is 1.86 bits per heavy atom. The molecule has 0 bridgehead atoms. The zero-order valence-electron chi connectivity index (χ0n) is 15.8. The molecule has 0 aliphatic carbocycles. The van der Waals surface area contributed by atoms with E-state index in [-0.39, 0.29) is 11.7 Å². The number of carbonyl (C=O) groups excluding carboxylic acids is 1. The van der Waals surface area contributed by atoms with Crippen molar-refractivity contribution in [1.82, 2.24) is 20.2 Å². The quantitative estimate of drug-likeness (QED) is 0.469. The number of nitrogens with one attached hydrogen (secondary N) is 1. The topological polar surface area (TPSA) is 81.9 Å². The number of ether oxygens (including phenoxy) is 1. The normalized spacial score (nSPS) is 10.8. The summed E-state index contributed by atoms with van der Waals surface area (Å²) in [6.45, 7) is 2.46. The van der Waals surface area contributed by atoms with E-state index in [0.29, 0.717) is 17.5 Å². The van der Waals surface area contributed by atoms with Crippen LogP contribution in [-0.2, 0) is 4.79 Å². The van der Waals surface area contributed by atoms with Gasteiger partial charge in [0.15, 0.2) is 0 Å². The number of fused-ring (bicyclic) bond motifs is 1. The van der Waals surface area contributed by atoms with E-state index in [2.05, 4.69) is 20.8 Å². The second-order valence-corrected chi connectivity index (χ2v) is 7.12. The molecule has 0 saturated carbocycles. The molecule has 1 amide bonds. The fourth-order valence-corrected chi connectivity index (χ4v) is 3.61. The zero-order chi connectivity index (χ0) is 20.1. The number of nitrogens with zero attached hydrogens (tertiary/aromatic N) is 4. The number of anilines is 1. The van der Waals surface area contributed by atoms with Gasteiger partial charge < -0.3 is 10.1 Å². The SMILES string of the molecule is CCOc1ccccc1-n1nnnc1SCC(=O)Nc1ccc2ccccc2c1. The highest BCUT2D eigenvalue weighted by atomic mass is 32.2. The lowest BCUT2D eigenvalue weighted by Crippen LogP contribution is -2.14. The van der Waals surface area contributed by atoms with Crippen LogP contribution in [0.4, 0.5) is 5.69 Å². The highest BCUT2D eigenvalue weighted by Crippen LogP contribution is 2.26. The van der Waals surface area contributed by atoms with Gasteiger partial charge in [-0.15, -0.1) is 5.10 Å². The molecule has 1 N–H and O–H groups in total. The molecule has 0 radical (unpaired) electrons. The summed E-state index contributed by atoms with van der Waals surface area (Å²) in [6, 6.07) is 21.4. The Balaban J connectivity index is 1.44. The summed E-state index contributed by atoms with van der Waals surface area (Å²) in [5.41, 5.74) is 1.49. The second-order valence-electron chi connectivity index (χ2n) is 6.17. The minimum Gasteiger partial charge on any atom is -0.492 e. The van der Waals surface area contributed by atoms with Crippen molar-refractivity contribution in [3.05, 3.63) is 66.7 Å². The van der Waals surface area contributed by atoms with Gasteiger partial charge >= 0.3 is 0 Å². The van der Waals surface area contributed by atoms with Crippen LogP contribution in [-0.4, -0.2) is 38.5 Å². The molecule has 8 heteroatoms. The molecule has 0 fully saturated rings. The van der Waals surface area contributed by atoms with E-state index < -0.39 is 0 Å². The van der Waals surface area contributed by atoms with Crippen LogP contribution in [0.5, 0.6) is 5.75 Å². The first-order valence-electron chi connectivity index (χ1n) is 9.16. The Morgan fingerprint density at radius 1 is 1.07 bits per heavy atom. The minimum absolute atomic E-state index is 0.127. The monoisotopic (exact) mass is 405 g/mol. The lowest BCUT2D eigenvalue weighted by molar-refractivity contribution is -0.113. The number of tetrazole rings is 1. The Hall–Kier alpha value is -3.39. The zero-order valence-corrected chi connectivity index (χ0v) is 16.6. The van der Waals surface area contributed by atoms with Crippen LogP contribution in [0.15, 0.2) is 71.9 Å². The predicted molar refractivity (Wildman–Crippen MR) is 114 cm³/mol. The molecule has 0 saturated heterocycles.